The smallest absolute Gasteiger partial charge is 0.417 e. The van der Waals surface area contributed by atoms with Gasteiger partial charge in [0.15, 0.2) is 0 Å². The standard InChI is InChI=1S/C20H23F3N4O3S/c1-11(2)27-10-19(30-18(27)29)4-6-26(7-5-19)14-8-13(20(21,22)23)16-15(25-14)12(9-31-16)17(28)24-3/h8-9,11H,4-7,10H2,1-3H3,(H,24,28). The lowest BCUT2D eigenvalue weighted by Crippen LogP contribution is -2.47. The van der Waals surface area contributed by atoms with Gasteiger partial charge in [0.05, 0.1) is 27.9 Å². The van der Waals surface area contributed by atoms with Crippen LogP contribution >= 0.6 is 11.3 Å². The molecule has 2 aromatic heterocycles. The van der Waals surface area contributed by atoms with Gasteiger partial charge in [-0.25, -0.2) is 9.78 Å². The van der Waals surface area contributed by atoms with Crippen molar-refractivity contribution in [1.82, 2.24) is 15.2 Å². The monoisotopic (exact) mass is 456 g/mol. The molecule has 2 fully saturated rings. The molecule has 4 rings (SSSR count). The van der Waals surface area contributed by atoms with E-state index in [0.29, 0.717) is 32.5 Å². The van der Waals surface area contributed by atoms with Crippen molar-refractivity contribution >= 4 is 39.4 Å². The molecule has 0 aromatic carbocycles. The van der Waals surface area contributed by atoms with Crippen molar-refractivity contribution in [2.45, 2.75) is 44.5 Å². The summed E-state index contributed by atoms with van der Waals surface area (Å²) in [6.07, 6.45) is -3.93. The molecule has 4 heterocycles. The highest BCUT2D eigenvalue weighted by Crippen LogP contribution is 2.41. The molecule has 1 N–H and O–H groups in total. The molecule has 0 unspecified atom stereocenters. The number of carbonyl (C=O) groups excluding carboxylic acids is 2. The van der Waals surface area contributed by atoms with Crippen molar-refractivity contribution < 1.29 is 27.5 Å². The zero-order valence-electron chi connectivity index (χ0n) is 17.4. The molecule has 0 atom stereocenters. The van der Waals surface area contributed by atoms with Crippen LogP contribution in [0.3, 0.4) is 0 Å². The maximum Gasteiger partial charge on any atom is 0.417 e. The summed E-state index contributed by atoms with van der Waals surface area (Å²) in [7, 11) is 1.42. The minimum atomic E-state index is -4.57. The first-order valence-electron chi connectivity index (χ1n) is 10.0. The Morgan fingerprint density at radius 1 is 1.32 bits per heavy atom. The normalized spacial score (nSPS) is 18.9. The van der Waals surface area contributed by atoms with Crippen molar-refractivity contribution in [3.63, 3.8) is 0 Å². The number of ether oxygens (including phenoxy) is 1. The van der Waals surface area contributed by atoms with Crippen molar-refractivity contribution in [2.75, 3.05) is 31.6 Å². The molecule has 0 radical (unpaired) electrons. The Hall–Kier alpha value is -2.56. The molecule has 0 saturated carbocycles. The van der Waals surface area contributed by atoms with Crippen molar-refractivity contribution in [2.24, 2.45) is 0 Å². The number of amides is 2. The van der Waals surface area contributed by atoms with E-state index in [1.165, 1.54) is 12.4 Å². The minimum Gasteiger partial charge on any atom is -0.441 e. The number of halogens is 3. The first-order valence-corrected chi connectivity index (χ1v) is 10.9. The van der Waals surface area contributed by atoms with E-state index in [-0.39, 0.29) is 33.7 Å². The first-order chi connectivity index (χ1) is 14.5. The van der Waals surface area contributed by atoms with Crippen LogP contribution in [0.25, 0.3) is 10.2 Å². The summed E-state index contributed by atoms with van der Waals surface area (Å²) in [5.41, 5.74) is -1.25. The molecule has 2 aliphatic heterocycles. The maximum absolute atomic E-state index is 13.8. The minimum absolute atomic E-state index is 0.0186. The number of aromatic nitrogens is 1. The summed E-state index contributed by atoms with van der Waals surface area (Å²) in [6, 6.07) is 1.07. The van der Waals surface area contributed by atoms with Gasteiger partial charge in [-0.2, -0.15) is 13.2 Å². The highest BCUT2D eigenvalue weighted by molar-refractivity contribution is 7.17. The van der Waals surface area contributed by atoms with Gasteiger partial charge in [0, 0.05) is 44.4 Å². The van der Waals surface area contributed by atoms with Crippen LogP contribution in [0, 0.1) is 0 Å². The quantitative estimate of drug-likeness (QED) is 0.759. The number of anilines is 1. The summed E-state index contributed by atoms with van der Waals surface area (Å²) in [4.78, 5) is 32.2. The highest BCUT2D eigenvalue weighted by Gasteiger charge is 2.48. The molecule has 2 aliphatic rings. The molecular formula is C20H23F3N4O3S. The number of nitrogens with one attached hydrogen (secondary N) is 1. The Morgan fingerprint density at radius 3 is 2.55 bits per heavy atom. The predicted molar refractivity (Wildman–Crippen MR) is 111 cm³/mol. The zero-order chi connectivity index (χ0) is 22.6. The van der Waals surface area contributed by atoms with Gasteiger partial charge in [-0.3, -0.25) is 4.79 Å². The van der Waals surface area contributed by atoms with Gasteiger partial charge in [0.25, 0.3) is 5.91 Å². The van der Waals surface area contributed by atoms with Crippen molar-refractivity contribution in [3.8, 4) is 0 Å². The molecular weight excluding hydrogens is 433 g/mol. The molecule has 31 heavy (non-hydrogen) atoms. The molecule has 2 amide bonds. The van der Waals surface area contributed by atoms with Gasteiger partial charge in [0.1, 0.15) is 11.4 Å². The van der Waals surface area contributed by atoms with E-state index in [9.17, 15) is 22.8 Å². The van der Waals surface area contributed by atoms with E-state index < -0.39 is 23.2 Å². The van der Waals surface area contributed by atoms with Gasteiger partial charge in [0.2, 0.25) is 0 Å². The summed E-state index contributed by atoms with van der Waals surface area (Å²) in [5.74, 6) is -0.309. The van der Waals surface area contributed by atoms with Crippen LogP contribution in [0.1, 0.15) is 42.6 Å². The van der Waals surface area contributed by atoms with Crippen LogP contribution in [-0.2, 0) is 10.9 Å². The largest absolute Gasteiger partial charge is 0.441 e. The number of thiophene rings is 1. The molecule has 2 aromatic rings. The van der Waals surface area contributed by atoms with Gasteiger partial charge in [-0.1, -0.05) is 0 Å². The molecule has 0 bridgehead atoms. The van der Waals surface area contributed by atoms with Crippen LogP contribution in [0.5, 0.6) is 0 Å². The Balaban J connectivity index is 1.65. The average molecular weight is 456 g/mol. The number of fused-ring (bicyclic) bond motifs is 1. The van der Waals surface area contributed by atoms with Crippen LogP contribution < -0.4 is 10.2 Å². The van der Waals surface area contributed by atoms with Gasteiger partial charge >= 0.3 is 12.3 Å². The van der Waals surface area contributed by atoms with Crippen molar-refractivity contribution in [3.05, 3.63) is 22.6 Å². The lowest BCUT2D eigenvalue weighted by molar-refractivity contribution is -0.136. The zero-order valence-corrected chi connectivity index (χ0v) is 18.2. The van der Waals surface area contributed by atoms with E-state index in [2.05, 4.69) is 10.3 Å². The summed E-state index contributed by atoms with van der Waals surface area (Å²) < 4.78 is 46.9. The Bertz CT molecular complexity index is 1030. The second-order valence-corrected chi connectivity index (χ2v) is 9.07. The third kappa shape index (κ3) is 3.79. The van der Waals surface area contributed by atoms with Crippen LogP contribution in [0.15, 0.2) is 11.4 Å². The number of rotatable bonds is 3. The molecule has 11 heteroatoms. The van der Waals surface area contributed by atoms with E-state index in [0.717, 1.165) is 17.4 Å². The molecule has 2 saturated heterocycles. The number of pyridine rings is 1. The SMILES string of the molecule is CNC(=O)c1csc2c(C(F)(F)F)cc(N3CCC4(CC3)CN(C(C)C)C(=O)O4)nc12. The lowest BCUT2D eigenvalue weighted by Gasteiger charge is -2.38. The molecule has 7 nitrogen and oxygen atoms in total. The molecule has 0 aliphatic carbocycles. The number of nitrogens with zero attached hydrogens (tertiary/aromatic N) is 3. The van der Waals surface area contributed by atoms with Crippen molar-refractivity contribution in [1.29, 1.82) is 0 Å². The van der Waals surface area contributed by atoms with Crippen LogP contribution in [0.2, 0.25) is 0 Å². The van der Waals surface area contributed by atoms with Gasteiger partial charge in [-0.05, 0) is 19.9 Å². The van der Waals surface area contributed by atoms with Gasteiger partial charge in [-0.15, -0.1) is 11.3 Å². The second kappa shape index (κ2) is 7.54. The Morgan fingerprint density at radius 2 is 2.00 bits per heavy atom. The van der Waals surface area contributed by atoms with Gasteiger partial charge < -0.3 is 19.9 Å². The second-order valence-electron chi connectivity index (χ2n) is 8.19. The maximum atomic E-state index is 13.8. The Kier molecular flexibility index (Phi) is 5.27. The van der Waals surface area contributed by atoms with E-state index in [1.54, 1.807) is 9.80 Å². The summed E-state index contributed by atoms with van der Waals surface area (Å²) in [6.45, 7) is 5.10. The lowest BCUT2D eigenvalue weighted by atomic mass is 9.91. The number of alkyl halides is 3. The van der Waals surface area contributed by atoms with E-state index in [4.69, 9.17) is 4.74 Å². The first kappa shape index (κ1) is 21.7. The average Bonchev–Trinajstić information content (AvgIpc) is 3.27. The fourth-order valence-electron chi connectivity index (χ4n) is 4.11. The third-order valence-corrected chi connectivity index (χ3v) is 6.91. The highest BCUT2D eigenvalue weighted by atomic mass is 32.1. The molecule has 1 spiro atoms. The van der Waals surface area contributed by atoms with E-state index in [1.807, 2.05) is 13.8 Å². The number of hydrogen-bond donors (Lipinski definition) is 1. The summed E-state index contributed by atoms with van der Waals surface area (Å²) in [5, 5.41) is 3.85. The van der Waals surface area contributed by atoms with E-state index >= 15 is 0 Å². The van der Waals surface area contributed by atoms with Crippen LogP contribution in [0.4, 0.5) is 23.8 Å². The predicted octanol–water partition coefficient (Wildman–Crippen LogP) is 3.87. The fourth-order valence-corrected chi connectivity index (χ4v) is 5.13. The molecule has 168 valence electrons. The third-order valence-electron chi connectivity index (χ3n) is 5.91. The topological polar surface area (TPSA) is 74.8 Å². The van der Waals surface area contributed by atoms with Crippen LogP contribution in [-0.4, -0.2) is 60.2 Å². The number of piperidine rings is 1. The number of carbonyl (C=O) groups is 2. The Labute approximate surface area is 181 Å². The number of hydrogen-bond acceptors (Lipinski definition) is 6. The summed E-state index contributed by atoms with van der Waals surface area (Å²) >= 11 is 0.860. The fraction of sp³-hybridized carbons (Fsp3) is 0.550.